The van der Waals surface area contributed by atoms with E-state index < -0.39 is 33.9 Å². The Labute approximate surface area is 208 Å². The molecule has 2 aliphatic rings. The molecule has 0 radical (unpaired) electrons. The van der Waals surface area contributed by atoms with Gasteiger partial charge in [0.05, 0.1) is 12.2 Å². The van der Waals surface area contributed by atoms with Crippen LogP contribution in [0.4, 0.5) is 20.6 Å². The summed E-state index contributed by atoms with van der Waals surface area (Å²) in [6, 6.07) is 9.58. The standard InChI is InChI=1S/C26H27FN4O5/c1-3-17-5-8-19(9-6-17)31(25(29)34)15-20(36-4-2)14-26(31,24(28)33)21-10-7-18(13-22(21)27)30-11-12-35-16-23(30)32/h1,5-10,13,20H,4,11-12,14-16H2,2H3,(H3-,28,29,33,34)/p+1/t20-,26-,31?/m1/s1. The average Bonchev–Trinajstić information content (AvgIpc) is 3.21. The Morgan fingerprint density at radius 2 is 2.00 bits per heavy atom. The fourth-order valence-electron chi connectivity index (χ4n) is 5.44. The number of amides is 4. The average molecular weight is 496 g/mol. The largest absolute Gasteiger partial charge is 0.420 e. The molecule has 10 heteroatoms. The van der Waals surface area contributed by atoms with Gasteiger partial charge in [0.25, 0.3) is 11.8 Å². The molecule has 2 fully saturated rings. The number of anilines is 1. The van der Waals surface area contributed by atoms with Crippen molar-refractivity contribution in [2.45, 2.75) is 25.0 Å². The third kappa shape index (κ3) is 3.82. The second-order valence-corrected chi connectivity index (χ2v) is 8.79. The number of carbonyl (C=O) groups excluding carboxylic acids is 3. The Kier molecular flexibility index (Phi) is 6.82. The summed E-state index contributed by atoms with van der Waals surface area (Å²) in [6.45, 7) is 2.50. The van der Waals surface area contributed by atoms with Crippen LogP contribution in [0.2, 0.25) is 0 Å². The number of urea groups is 1. The van der Waals surface area contributed by atoms with E-state index in [0.717, 1.165) is 6.07 Å². The van der Waals surface area contributed by atoms with Gasteiger partial charge in [-0.1, -0.05) is 5.92 Å². The smallest absolute Gasteiger partial charge is 0.372 e. The van der Waals surface area contributed by atoms with Gasteiger partial charge in [-0.15, -0.1) is 6.42 Å². The minimum Gasteiger partial charge on any atom is -0.372 e. The van der Waals surface area contributed by atoms with Crippen LogP contribution in [0.25, 0.3) is 0 Å². The van der Waals surface area contributed by atoms with Crippen molar-refractivity contribution in [1.29, 1.82) is 0 Å². The summed E-state index contributed by atoms with van der Waals surface area (Å²) in [7, 11) is 0. The normalized spacial score (nSPS) is 26.0. The molecule has 4 rings (SSSR count). The quantitative estimate of drug-likeness (QED) is 0.467. The van der Waals surface area contributed by atoms with E-state index in [0.29, 0.717) is 30.2 Å². The van der Waals surface area contributed by atoms with E-state index in [1.54, 1.807) is 31.2 Å². The van der Waals surface area contributed by atoms with Crippen LogP contribution >= 0.6 is 0 Å². The Morgan fingerprint density at radius 3 is 2.56 bits per heavy atom. The lowest BCUT2D eigenvalue weighted by molar-refractivity contribution is -0.128. The van der Waals surface area contributed by atoms with Crippen molar-refractivity contribution in [2.75, 3.05) is 37.8 Å². The minimum absolute atomic E-state index is 0.0370. The number of hydrogen-bond donors (Lipinski definition) is 2. The van der Waals surface area contributed by atoms with E-state index in [-0.39, 0.29) is 37.6 Å². The number of ether oxygens (including phenoxy) is 2. The zero-order chi connectivity index (χ0) is 26.1. The van der Waals surface area contributed by atoms with E-state index in [1.165, 1.54) is 17.0 Å². The molecule has 188 valence electrons. The molecular formula is C26H28FN4O5+. The summed E-state index contributed by atoms with van der Waals surface area (Å²) in [6.07, 6.45) is 4.78. The number of likely N-dealkylation sites (tertiary alicyclic amines) is 1. The molecule has 2 aromatic carbocycles. The SMILES string of the molecule is C#Cc1ccc([N+]2(C(N)=O)C[C@H](OCC)C[C@]2(C(N)=O)c2ccc(N3CCOCC3=O)cc2F)cc1. The summed E-state index contributed by atoms with van der Waals surface area (Å²) in [4.78, 5) is 40.3. The van der Waals surface area contributed by atoms with Gasteiger partial charge in [0.1, 0.15) is 30.8 Å². The molecule has 0 aliphatic carbocycles. The second-order valence-electron chi connectivity index (χ2n) is 8.79. The maximum absolute atomic E-state index is 15.9. The fraction of sp³-hybridized carbons (Fsp3) is 0.346. The van der Waals surface area contributed by atoms with Gasteiger partial charge in [-0.25, -0.2) is 9.18 Å². The highest BCUT2D eigenvalue weighted by molar-refractivity contribution is 6.00. The number of hydrogen-bond acceptors (Lipinski definition) is 5. The van der Waals surface area contributed by atoms with E-state index in [4.69, 9.17) is 27.4 Å². The van der Waals surface area contributed by atoms with Crippen LogP contribution in [0, 0.1) is 18.2 Å². The first kappa shape index (κ1) is 25.3. The molecule has 0 aromatic heterocycles. The van der Waals surface area contributed by atoms with Gasteiger partial charge in [0, 0.05) is 43.0 Å². The Balaban J connectivity index is 1.94. The van der Waals surface area contributed by atoms with Crippen LogP contribution in [0.5, 0.6) is 0 Å². The highest BCUT2D eigenvalue weighted by Crippen LogP contribution is 2.50. The number of nitrogens with two attached hydrogens (primary N) is 2. The molecule has 4 amide bonds. The summed E-state index contributed by atoms with van der Waals surface area (Å²) >= 11 is 0. The number of rotatable bonds is 6. The number of terminal acetylenes is 1. The Hall–Kier alpha value is -3.78. The number of nitrogens with zero attached hydrogens (tertiary/aromatic N) is 2. The molecule has 0 saturated carbocycles. The maximum atomic E-state index is 15.9. The van der Waals surface area contributed by atoms with E-state index in [9.17, 15) is 14.4 Å². The first-order valence-electron chi connectivity index (χ1n) is 11.6. The van der Waals surface area contributed by atoms with E-state index >= 15 is 4.39 Å². The van der Waals surface area contributed by atoms with Crippen LogP contribution in [0.3, 0.4) is 0 Å². The van der Waals surface area contributed by atoms with Gasteiger partial charge >= 0.3 is 6.03 Å². The number of benzene rings is 2. The van der Waals surface area contributed by atoms with Gasteiger partial charge in [0.15, 0.2) is 0 Å². The number of primary amides is 2. The van der Waals surface area contributed by atoms with Crippen LogP contribution in [-0.2, 0) is 24.6 Å². The summed E-state index contributed by atoms with van der Waals surface area (Å²) in [5.41, 5.74) is 11.2. The predicted octanol–water partition coefficient (Wildman–Crippen LogP) is 1.75. The summed E-state index contributed by atoms with van der Waals surface area (Å²) in [5, 5.41) is 0. The summed E-state index contributed by atoms with van der Waals surface area (Å²) < 4.78 is 26.1. The zero-order valence-electron chi connectivity index (χ0n) is 19.9. The third-order valence-electron chi connectivity index (χ3n) is 7.01. The molecule has 1 unspecified atom stereocenters. The van der Waals surface area contributed by atoms with Crippen molar-refractivity contribution in [3.63, 3.8) is 0 Å². The molecule has 4 N–H and O–H groups in total. The van der Waals surface area contributed by atoms with Crippen molar-refractivity contribution in [3.05, 3.63) is 59.4 Å². The molecule has 2 saturated heterocycles. The maximum Gasteiger partial charge on any atom is 0.420 e. The first-order chi connectivity index (χ1) is 17.2. The van der Waals surface area contributed by atoms with Gasteiger partial charge in [-0.3, -0.25) is 9.59 Å². The van der Waals surface area contributed by atoms with Crippen LogP contribution in [0.15, 0.2) is 42.5 Å². The molecule has 0 bridgehead atoms. The number of carbonyl (C=O) groups is 3. The fourth-order valence-corrected chi connectivity index (χ4v) is 5.44. The Bertz CT molecular complexity index is 1240. The molecule has 0 spiro atoms. The van der Waals surface area contributed by atoms with Crippen LogP contribution < -0.4 is 20.9 Å². The lowest BCUT2D eigenvalue weighted by Crippen LogP contribution is -2.70. The third-order valence-corrected chi connectivity index (χ3v) is 7.01. The van der Waals surface area contributed by atoms with Crippen LogP contribution in [-0.4, -0.2) is 56.9 Å². The highest BCUT2D eigenvalue weighted by Gasteiger charge is 2.69. The topological polar surface area (TPSA) is 125 Å². The van der Waals surface area contributed by atoms with Crippen molar-refractivity contribution >= 4 is 29.2 Å². The van der Waals surface area contributed by atoms with Crippen molar-refractivity contribution in [3.8, 4) is 12.3 Å². The molecule has 9 nitrogen and oxygen atoms in total. The molecule has 3 atom stereocenters. The predicted molar refractivity (Wildman–Crippen MR) is 131 cm³/mol. The molecule has 36 heavy (non-hydrogen) atoms. The summed E-state index contributed by atoms with van der Waals surface area (Å²) in [5.74, 6) is 0.455. The van der Waals surface area contributed by atoms with Gasteiger partial charge in [0.2, 0.25) is 5.54 Å². The second kappa shape index (κ2) is 9.70. The molecular weight excluding hydrogens is 467 g/mol. The van der Waals surface area contributed by atoms with Crippen molar-refractivity contribution < 1.29 is 28.2 Å². The van der Waals surface area contributed by atoms with Crippen molar-refractivity contribution in [1.82, 2.24) is 4.48 Å². The monoisotopic (exact) mass is 495 g/mol. The van der Waals surface area contributed by atoms with Crippen molar-refractivity contribution in [2.24, 2.45) is 11.5 Å². The van der Waals surface area contributed by atoms with Gasteiger partial charge in [-0.05, 0) is 37.3 Å². The lowest BCUT2D eigenvalue weighted by Gasteiger charge is -2.43. The molecule has 2 heterocycles. The van der Waals surface area contributed by atoms with Gasteiger partial charge in [-0.2, -0.15) is 4.48 Å². The van der Waals surface area contributed by atoms with E-state index in [2.05, 4.69) is 5.92 Å². The molecule has 2 aliphatic heterocycles. The molecule has 2 aromatic rings. The van der Waals surface area contributed by atoms with Gasteiger partial charge < -0.3 is 25.8 Å². The first-order valence-corrected chi connectivity index (χ1v) is 11.6. The number of morpholine rings is 1. The van der Waals surface area contributed by atoms with Crippen LogP contribution in [0.1, 0.15) is 24.5 Å². The highest BCUT2D eigenvalue weighted by atomic mass is 19.1. The lowest BCUT2D eigenvalue weighted by atomic mass is 9.82. The number of halogens is 1. The zero-order valence-corrected chi connectivity index (χ0v) is 19.9. The minimum atomic E-state index is -1.92. The Morgan fingerprint density at radius 1 is 1.28 bits per heavy atom. The number of quaternary nitrogens is 1. The van der Waals surface area contributed by atoms with E-state index in [1.807, 2.05) is 0 Å².